The van der Waals surface area contributed by atoms with E-state index >= 15 is 0 Å². The van der Waals surface area contributed by atoms with Crippen LogP contribution < -0.4 is 5.32 Å². The second kappa shape index (κ2) is 8.47. The van der Waals surface area contributed by atoms with Crippen molar-refractivity contribution < 1.29 is 9.59 Å². The molecule has 6 nitrogen and oxygen atoms in total. The molecule has 2 amide bonds. The average molecular weight is 390 g/mol. The zero-order valence-electron chi connectivity index (χ0n) is 16.7. The minimum absolute atomic E-state index is 0.0283. The number of benzene rings is 2. The summed E-state index contributed by atoms with van der Waals surface area (Å²) in [6.45, 7) is 1.45. The molecule has 3 aromatic rings. The van der Waals surface area contributed by atoms with Crippen molar-refractivity contribution in [3.05, 3.63) is 60.4 Å². The number of hydrogen-bond donors (Lipinski definition) is 1. The molecule has 1 aliphatic heterocycles. The summed E-state index contributed by atoms with van der Waals surface area (Å²) < 4.78 is 1.94. The highest BCUT2D eigenvalue weighted by Gasteiger charge is 2.24. The van der Waals surface area contributed by atoms with E-state index < -0.39 is 0 Å². The maximum atomic E-state index is 12.5. The molecule has 150 valence electrons. The summed E-state index contributed by atoms with van der Waals surface area (Å²) in [5, 5.41) is 3.00. The van der Waals surface area contributed by atoms with E-state index in [1.165, 1.54) is 0 Å². The molecule has 29 heavy (non-hydrogen) atoms. The molecule has 4 rings (SSSR count). The fraction of sp³-hybridized carbons (Fsp3) is 0.348. The molecule has 1 aromatic heterocycles. The van der Waals surface area contributed by atoms with E-state index in [-0.39, 0.29) is 11.8 Å². The molecule has 0 spiro atoms. The number of piperidine rings is 1. The van der Waals surface area contributed by atoms with E-state index in [1.807, 2.05) is 65.0 Å². The topological polar surface area (TPSA) is 67.2 Å². The third-order valence-electron chi connectivity index (χ3n) is 5.65. The van der Waals surface area contributed by atoms with E-state index in [0.29, 0.717) is 18.8 Å². The molecule has 1 aliphatic rings. The fourth-order valence-corrected chi connectivity index (χ4v) is 3.95. The molecule has 2 heterocycles. The Labute approximate surface area is 170 Å². The molecule has 0 radical (unpaired) electrons. The number of rotatable bonds is 5. The number of aromatic nitrogens is 2. The van der Waals surface area contributed by atoms with E-state index in [0.717, 1.165) is 48.2 Å². The first-order valence-electron chi connectivity index (χ1n) is 10.1. The van der Waals surface area contributed by atoms with Crippen LogP contribution in [0.3, 0.4) is 0 Å². The van der Waals surface area contributed by atoms with Crippen molar-refractivity contribution >= 4 is 28.5 Å². The van der Waals surface area contributed by atoms with Gasteiger partial charge in [-0.15, -0.1) is 0 Å². The Hall–Kier alpha value is -3.15. The molecular weight excluding hydrogens is 364 g/mol. The Morgan fingerprint density at radius 3 is 2.62 bits per heavy atom. The highest BCUT2D eigenvalue weighted by molar-refractivity contribution is 5.93. The van der Waals surface area contributed by atoms with Gasteiger partial charge in [0.1, 0.15) is 0 Å². The average Bonchev–Trinajstić information content (AvgIpc) is 3.09. The predicted molar refractivity (Wildman–Crippen MR) is 113 cm³/mol. The zero-order chi connectivity index (χ0) is 20.2. The number of imidazole rings is 1. The van der Waals surface area contributed by atoms with Crippen LogP contribution in [-0.4, -0.2) is 39.4 Å². The third kappa shape index (κ3) is 4.65. The normalized spacial score (nSPS) is 14.9. The van der Waals surface area contributed by atoms with Crippen molar-refractivity contribution in [3.8, 4) is 0 Å². The predicted octanol–water partition coefficient (Wildman–Crippen LogP) is 3.38. The summed E-state index contributed by atoms with van der Waals surface area (Å²) >= 11 is 0. The maximum absolute atomic E-state index is 12.5. The lowest BCUT2D eigenvalue weighted by Crippen LogP contribution is -2.40. The van der Waals surface area contributed by atoms with Crippen molar-refractivity contribution in [3.63, 3.8) is 0 Å². The van der Waals surface area contributed by atoms with Crippen LogP contribution in [0.5, 0.6) is 0 Å². The van der Waals surface area contributed by atoms with E-state index in [1.54, 1.807) is 6.33 Å². The van der Waals surface area contributed by atoms with Gasteiger partial charge in [-0.25, -0.2) is 4.98 Å². The van der Waals surface area contributed by atoms with Crippen LogP contribution in [0.25, 0.3) is 11.0 Å². The Balaban J connectivity index is 1.26. The monoisotopic (exact) mass is 390 g/mol. The van der Waals surface area contributed by atoms with E-state index in [9.17, 15) is 9.59 Å². The molecule has 1 N–H and O–H groups in total. The van der Waals surface area contributed by atoms with Gasteiger partial charge in [-0.2, -0.15) is 0 Å². The van der Waals surface area contributed by atoms with Gasteiger partial charge in [0.05, 0.1) is 23.8 Å². The number of carbonyl (C=O) groups is 2. The second-order valence-electron chi connectivity index (χ2n) is 7.80. The number of carbonyl (C=O) groups excluding carboxylic acids is 2. The Kier molecular flexibility index (Phi) is 5.60. The standard InChI is InChI=1S/C23H26N4O2/c1-26-16-24-20-8-7-19(15-21(20)26)25-22(28)13-18-9-11-27(12-10-18)23(29)14-17-5-3-2-4-6-17/h2-8,15-16,18H,9-14H2,1H3,(H,25,28). The first-order valence-corrected chi connectivity index (χ1v) is 10.1. The number of hydrogen-bond acceptors (Lipinski definition) is 3. The van der Waals surface area contributed by atoms with Gasteiger partial charge in [-0.3, -0.25) is 9.59 Å². The van der Waals surface area contributed by atoms with Gasteiger partial charge in [0.25, 0.3) is 0 Å². The summed E-state index contributed by atoms with van der Waals surface area (Å²) in [5.41, 5.74) is 3.75. The first-order chi connectivity index (χ1) is 14.1. The maximum Gasteiger partial charge on any atom is 0.226 e. The smallest absolute Gasteiger partial charge is 0.226 e. The number of aryl methyl sites for hydroxylation is 1. The van der Waals surface area contributed by atoms with Crippen LogP contribution in [0.1, 0.15) is 24.8 Å². The molecule has 6 heteroatoms. The molecule has 0 aliphatic carbocycles. The van der Waals surface area contributed by atoms with Crippen molar-refractivity contribution in [1.29, 1.82) is 0 Å². The molecule has 1 fully saturated rings. The number of nitrogens with zero attached hydrogens (tertiary/aromatic N) is 3. The van der Waals surface area contributed by atoms with Crippen LogP contribution in [0.15, 0.2) is 54.9 Å². The lowest BCUT2D eigenvalue weighted by molar-refractivity contribution is -0.131. The van der Waals surface area contributed by atoms with Crippen LogP contribution >= 0.6 is 0 Å². The van der Waals surface area contributed by atoms with Crippen LogP contribution in [-0.2, 0) is 23.1 Å². The first kappa shape index (κ1) is 19.2. The number of nitrogens with one attached hydrogen (secondary N) is 1. The number of likely N-dealkylation sites (tertiary alicyclic amines) is 1. The quantitative estimate of drug-likeness (QED) is 0.726. The molecule has 1 saturated heterocycles. The Bertz CT molecular complexity index is 1000. The van der Waals surface area contributed by atoms with Gasteiger partial charge in [0.2, 0.25) is 11.8 Å². The Morgan fingerprint density at radius 2 is 1.86 bits per heavy atom. The lowest BCUT2D eigenvalue weighted by Gasteiger charge is -2.32. The van der Waals surface area contributed by atoms with Gasteiger partial charge in [0, 0.05) is 32.2 Å². The SMILES string of the molecule is Cn1cnc2ccc(NC(=O)CC3CCN(C(=O)Cc4ccccc4)CC3)cc21. The molecule has 0 bridgehead atoms. The molecule has 0 atom stereocenters. The van der Waals surface area contributed by atoms with E-state index in [4.69, 9.17) is 0 Å². The minimum atomic E-state index is 0.0283. The van der Waals surface area contributed by atoms with Crippen molar-refractivity contribution in [2.24, 2.45) is 13.0 Å². The zero-order valence-corrected chi connectivity index (χ0v) is 16.7. The lowest BCUT2D eigenvalue weighted by atomic mass is 9.93. The van der Waals surface area contributed by atoms with E-state index in [2.05, 4.69) is 10.3 Å². The third-order valence-corrected chi connectivity index (χ3v) is 5.65. The number of fused-ring (bicyclic) bond motifs is 1. The van der Waals surface area contributed by atoms with Crippen molar-refractivity contribution in [2.45, 2.75) is 25.7 Å². The highest BCUT2D eigenvalue weighted by Crippen LogP contribution is 2.23. The van der Waals surface area contributed by atoms with Gasteiger partial charge in [-0.05, 0) is 42.5 Å². The molecule has 0 unspecified atom stereocenters. The van der Waals surface area contributed by atoms with Crippen LogP contribution in [0.4, 0.5) is 5.69 Å². The van der Waals surface area contributed by atoms with Crippen molar-refractivity contribution in [1.82, 2.24) is 14.5 Å². The van der Waals surface area contributed by atoms with Crippen LogP contribution in [0.2, 0.25) is 0 Å². The van der Waals surface area contributed by atoms with Gasteiger partial charge in [0.15, 0.2) is 0 Å². The van der Waals surface area contributed by atoms with Gasteiger partial charge in [-0.1, -0.05) is 30.3 Å². The largest absolute Gasteiger partial charge is 0.342 e. The molecular formula is C23H26N4O2. The minimum Gasteiger partial charge on any atom is -0.342 e. The summed E-state index contributed by atoms with van der Waals surface area (Å²) in [5.74, 6) is 0.514. The molecule has 2 aromatic carbocycles. The second-order valence-corrected chi connectivity index (χ2v) is 7.80. The van der Waals surface area contributed by atoms with Gasteiger partial charge >= 0.3 is 0 Å². The number of anilines is 1. The molecule has 0 saturated carbocycles. The van der Waals surface area contributed by atoms with Crippen LogP contribution in [0, 0.1) is 5.92 Å². The summed E-state index contributed by atoms with van der Waals surface area (Å²) in [6.07, 6.45) is 4.44. The summed E-state index contributed by atoms with van der Waals surface area (Å²) in [7, 11) is 1.94. The van der Waals surface area contributed by atoms with Crippen molar-refractivity contribution in [2.75, 3.05) is 18.4 Å². The summed E-state index contributed by atoms with van der Waals surface area (Å²) in [4.78, 5) is 31.2. The Morgan fingerprint density at radius 1 is 1.10 bits per heavy atom. The fourth-order valence-electron chi connectivity index (χ4n) is 3.95. The highest BCUT2D eigenvalue weighted by atomic mass is 16.2. The van der Waals surface area contributed by atoms with Gasteiger partial charge < -0.3 is 14.8 Å². The number of amides is 2. The summed E-state index contributed by atoms with van der Waals surface area (Å²) in [6, 6.07) is 15.6.